The van der Waals surface area contributed by atoms with E-state index in [4.69, 9.17) is 10.5 Å². The molecule has 0 aromatic heterocycles. The first-order chi connectivity index (χ1) is 8.13. The summed E-state index contributed by atoms with van der Waals surface area (Å²) in [4.78, 5) is 0.158. The van der Waals surface area contributed by atoms with E-state index in [1.807, 2.05) is 0 Å². The van der Waals surface area contributed by atoms with Crippen molar-refractivity contribution in [3.05, 3.63) is 24.3 Å². The predicted molar refractivity (Wildman–Crippen MR) is 64.3 cm³/mol. The standard InChI is InChI=1S/C10H13N3O3S/c11-6-3-7-16-10-12-8-4-1-2-5-9(8)17(14,15)13-10/h1-2,4-5H,3,6-7,11H2,(H,12,13). The van der Waals surface area contributed by atoms with Crippen molar-refractivity contribution in [2.75, 3.05) is 18.5 Å². The van der Waals surface area contributed by atoms with Crippen LogP contribution in [0.5, 0.6) is 0 Å². The first-order valence-electron chi connectivity index (χ1n) is 5.17. The van der Waals surface area contributed by atoms with Crippen molar-refractivity contribution < 1.29 is 13.2 Å². The van der Waals surface area contributed by atoms with Crippen LogP contribution in [-0.2, 0) is 14.8 Å². The number of nitrogens with one attached hydrogen (secondary N) is 1. The Bertz CT molecular complexity index is 539. The molecule has 0 spiro atoms. The molecule has 0 saturated heterocycles. The molecule has 0 aliphatic carbocycles. The van der Waals surface area contributed by atoms with Crippen LogP contribution in [0.3, 0.4) is 0 Å². The first-order valence-corrected chi connectivity index (χ1v) is 6.61. The van der Waals surface area contributed by atoms with Crippen molar-refractivity contribution in [2.24, 2.45) is 10.1 Å². The Morgan fingerprint density at radius 1 is 1.35 bits per heavy atom. The van der Waals surface area contributed by atoms with Gasteiger partial charge in [-0.3, -0.25) is 0 Å². The van der Waals surface area contributed by atoms with E-state index >= 15 is 0 Å². The average molecular weight is 255 g/mol. The quantitative estimate of drug-likeness (QED) is 0.768. The monoisotopic (exact) mass is 255 g/mol. The zero-order valence-corrected chi connectivity index (χ0v) is 9.90. The molecule has 6 nitrogen and oxygen atoms in total. The van der Waals surface area contributed by atoms with E-state index in [9.17, 15) is 8.42 Å². The first kappa shape index (κ1) is 11.9. The summed E-state index contributed by atoms with van der Waals surface area (Å²) in [5.41, 5.74) is 5.79. The number of fused-ring (bicyclic) bond motifs is 1. The van der Waals surface area contributed by atoms with Gasteiger partial charge in [0.2, 0.25) is 0 Å². The van der Waals surface area contributed by atoms with Crippen molar-refractivity contribution in [1.82, 2.24) is 0 Å². The van der Waals surface area contributed by atoms with Gasteiger partial charge in [-0.25, -0.2) is 0 Å². The second-order valence-electron chi connectivity index (χ2n) is 3.48. The summed E-state index contributed by atoms with van der Waals surface area (Å²) in [6.45, 7) is 0.816. The molecule has 3 N–H and O–H groups in total. The summed E-state index contributed by atoms with van der Waals surface area (Å²) in [6.07, 6.45) is 0.641. The van der Waals surface area contributed by atoms with E-state index in [2.05, 4.69) is 9.71 Å². The molecular formula is C10H13N3O3S. The fourth-order valence-corrected chi connectivity index (χ4v) is 2.47. The van der Waals surface area contributed by atoms with Gasteiger partial charge in [0.25, 0.3) is 10.0 Å². The third kappa shape index (κ3) is 2.56. The van der Waals surface area contributed by atoms with E-state index in [1.54, 1.807) is 18.2 Å². The smallest absolute Gasteiger partial charge is 0.305 e. The van der Waals surface area contributed by atoms with Crippen LogP contribution in [0.2, 0.25) is 0 Å². The van der Waals surface area contributed by atoms with Crippen LogP contribution in [0.15, 0.2) is 33.6 Å². The van der Waals surface area contributed by atoms with Crippen LogP contribution in [-0.4, -0.2) is 27.6 Å². The molecule has 1 aromatic carbocycles. The lowest BCUT2D eigenvalue weighted by atomic mass is 10.3. The van der Waals surface area contributed by atoms with E-state index < -0.39 is 10.0 Å². The minimum absolute atomic E-state index is 0.00264. The number of anilines is 1. The number of amidine groups is 1. The maximum absolute atomic E-state index is 11.8. The number of sulfonamides is 1. The van der Waals surface area contributed by atoms with Gasteiger partial charge in [-0.1, -0.05) is 12.1 Å². The highest BCUT2D eigenvalue weighted by Crippen LogP contribution is 2.26. The van der Waals surface area contributed by atoms with Gasteiger partial charge in [0.05, 0.1) is 12.3 Å². The Balaban J connectivity index is 2.23. The molecule has 92 valence electrons. The molecule has 1 aromatic rings. The summed E-state index contributed by atoms with van der Waals surface area (Å²) >= 11 is 0. The van der Waals surface area contributed by atoms with E-state index in [0.29, 0.717) is 25.3 Å². The molecule has 0 unspecified atom stereocenters. The zero-order chi connectivity index (χ0) is 12.3. The Labute approximate surface area is 99.5 Å². The summed E-state index contributed by atoms with van der Waals surface area (Å²) in [5, 5.41) is 2.82. The summed E-state index contributed by atoms with van der Waals surface area (Å²) in [6, 6.07) is 6.54. The Hall–Kier alpha value is -1.60. The molecule has 0 atom stereocenters. The fourth-order valence-electron chi connectivity index (χ4n) is 1.41. The summed E-state index contributed by atoms with van der Waals surface area (Å²) < 4.78 is 32.3. The molecule has 0 bridgehead atoms. The predicted octanol–water partition coefficient (Wildman–Crippen LogP) is 0.522. The van der Waals surface area contributed by atoms with E-state index in [1.165, 1.54) is 6.07 Å². The van der Waals surface area contributed by atoms with Crippen LogP contribution in [0, 0.1) is 0 Å². The van der Waals surface area contributed by atoms with Gasteiger partial charge in [-0.05, 0) is 25.1 Å². The molecule has 7 heteroatoms. The zero-order valence-electron chi connectivity index (χ0n) is 9.09. The van der Waals surface area contributed by atoms with Crippen molar-refractivity contribution in [2.45, 2.75) is 11.3 Å². The molecular weight excluding hydrogens is 242 g/mol. The highest BCUT2D eigenvalue weighted by molar-refractivity contribution is 7.90. The Morgan fingerprint density at radius 2 is 2.12 bits per heavy atom. The van der Waals surface area contributed by atoms with Gasteiger partial charge in [0.1, 0.15) is 4.90 Å². The number of benzene rings is 1. The maximum atomic E-state index is 11.8. The van der Waals surface area contributed by atoms with Crippen molar-refractivity contribution in [1.29, 1.82) is 0 Å². The van der Waals surface area contributed by atoms with Crippen LogP contribution in [0.25, 0.3) is 0 Å². The molecule has 0 fully saturated rings. The third-order valence-corrected chi connectivity index (χ3v) is 3.51. The molecule has 1 heterocycles. The number of ether oxygens (including phenoxy) is 1. The van der Waals surface area contributed by atoms with Crippen molar-refractivity contribution in [3.8, 4) is 0 Å². The van der Waals surface area contributed by atoms with Gasteiger partial charge in [-0.15, -0.1) is 4.40 Å². The van der Waals surface area contributed by atoms with Gasteiger partial charge < -0.3 is 15.8 Å². The van der Waals surface area contributed by atoms with E-state index in [0.717, 1.165) is 0 Å². The lowest BCUT2D eigenvalue weighted by Gasteiger charge is -2.17. The summed E-state index contributed by atoms with van der Waals surface area (Å²) in [5.74, 6) is 0. The minimum Gasteiger partial charge on any atom is -0.464 e. The molecule has 2 rings (SSSR count). The van der Waals surface area contributed by atoms with Crippen LogP contribution < -0.4 is 11.1 Å². The lowest BCUT2D eigenvalue weighted by Crippen LogP contribution is -2.24. The SMILES string of the molecule is NCCCOC1=NS(=O)(=O)c2ccccc2N1. The van der Waals surface area contributed by atoms with Gasteiger partial charge in [0, 0.05) is 0 Å². The second-order valence-corrected chi connectivity index (χ2v) is 5.06. The largest absolute Gasteiger partial charge is 0.464 e. The number of hydrogen-bond donors (Lipinski definition) is 2. The maximum Gasteiger partial charge on any atom is 0.305 e. The van der Waals surface area contributed by atoms with Crippen LogP contribution >= 0.6 is 0 Å². The van der Waals surface area contributed by atoms with Crippen molar-refractivity contribution in [3.63, 3.8) is 0 Å². The molecule has 0 amide bonds. The number of nitrogens with two attached hydrogens (primary N) is 1. The average Bonchev–Trinajstić information content (AvgIpc) is 2.29. The molecule has 17 heavy (non-hydrogen) atoms. The number of nitrogens with zero attached hydrogens (tertiary/aromatic N) is 1. The van der Waals surface area contributed by atoms with Gasteiger partial charge in [-0.2, -0.15) is 8.42 Å². The third-order valence-electron chi connectivity index (χ3n) is 2.20. The second kappa shape index (κ2) is 4.72. The summed E-state index contributed by atoms with van der Waals surface area (Å²) in [7, 11) is -3.66. The van der Waals surface area contributed by atoms with Gasteiger partial charge >= 0.3 is 6.02 Å². The number of rotatable bonds is 3. The topological polar surface area (TPSA) is 93.8 Å². The van der Waals surface area contributed by atoms with Crippen molar-refractivity contribution >= 4 is 21.7 Å². The molecule has 0 saturated carbocycles. The minimum atomic E-state index is -3.66. The Kier molecular flexibility index (Phi) is 3.30. The van der Waals surface area contributed by atoms with Crippen LogP contribution in [0.4, 0.5) is 5.69 Å². The molecule has 0 radical (unpaired) electrons. The number of para-hydroxylation sites is 1. The highest BCUT2D eigenvalue weighted by atomic mass is 32.2. The lowest BCUT2D eigenvalue weighted by molar-refractivity contribution is 0.300. The van der Waals surface area contributed by atoms with Crippen LogP contribution in [0.1, 0.15) is 6.42 Å². The molecule has 1 aliphatic rings. The normalized spacial score (nSPS) is 16.6. The molecule has 1 aliphatic heterocycles. The fraction of sp³-hybridized carbons (Fsp3) is 0.300. The highest BCUT2D eigenvalue weighted by Gasteiger charge is 2.24. The van der Waals surface area contributed by atoms with Gasteiger partial charge in [0.15, 0.2) is 0 Å². The number of hydrogen-bond acceptors (Lipinski definition) is 5. The Morgan fingerprint density at radius 3 is 2.88 bits per heavy atom. The van der Waals surface area contributed by atoms with E-state index in [-0.39, 0.29) is 10.9 Å².